The number of halogens is 2. The van der Waals surface area contributed by atoms with Gasteiger partial charge in [-0.3, -0.25) is 0 Å². The molecule has 19 heavy (non-hydrogen) atoms. The van der Waals surface area contributed by atoms with Crippen LogP contribution in [-0.2, 0) is 12.0 Å². The van der Waals surface area contributed by atoms with E-state index in [4.69, 9.17) is 11.6 Å². The molecule has 0 aliphatic rings. The zero-order valence-electron chi connectivity index (χ0n) is 11.0. The van der Waals surface area contributed by atoms with Crippen LogP contribution in [0.3, 0.4) is 0 Å². The van der Waals surface area contributed by atoms with Gasteiger partial charge in [0.15, 0.2) is 0 Å². The lowest BCUT2D eigenvalue weighted by molar-refractivity contribution is 0.0569. The van der Waals surface area contributed by atoms with Gasteiger partial charge in [-0.05, 0) is 54.8 Å². The molecule has 3 heteroatoms. The summed E-state index contributed by atoms with van der Waals surface area (Å²) < 4.78 is 13.1. The van der Waals surface area contributed by atoms with Gasteiger partial charge in [0, 0.05) is 11.4 Å². The van der Waals surface area contributed by atoms with Crippen LogP contribution >= 0.6 is 11.6 Å². The Bertz CT molecular complexity index is 576. The first kappa shape index (κ1) is 14.0. The summed E-state index contributed by atoms with van der Waals surface area (Å²) in [5.74, 6) is -0.288. The Kier molecular flexibility index (Phi) is 3.93. The molecule has 0 heterocycles. The zero-order valence-corrected chi connectivity index (χ0v) is 11.7. The Labute approximate surface area is 117 Å². The van der Waals surface area contributed by atoms with Gasteiger partial charge in [0.2, 0.25) is 0 Å². The van der Waals surface area contributed by atoms with Gasteiger partial charge >= 0.3 is 0 Å². The molecule has 0 saturated carbocycles. The number of rotatable bonds is 3. The molecule has 0 saturated heterocycles. The van der Waals surface area contributed by atoms with Crippen LogP contribution in [0.5, 0.6) is 0 Å². The van der Waals surface area contributed by atoms with Gasteiger partial charge in [0.05, 0.1) is 5.60 Å². The quantitative estimate of drug-likeness (QED) is 0.890. The van der Waals surface area contributed by atoms with Crippen molar-refractivity contribution in [1.82, 2.24) is 0 Å². The van der Waals surface area contributed by atoms with Crippen molar-refractivity contribution in [2.45, 2.75) is 25.9 Å². The minimum absolute atomic E-state index is 0.288. The van der Waals surface area contributed by atoms with Crippen molar-refractivity contribution in [3.8, 4) is 0 Å². The molecule has 0 aromatic heterocycles. The topological polar surface area (TPSA) is 20.2 Å². The number of aryl methyl sites for hydroxylation is 1. The van der Waals surface area contributed by atoms with E-state index in [1.165, 1.54) is 12.1 Å². The summed E-state index contributed by atoms with van der Waals surface area (Å²) in [6.07, 6.45) is 0.455. The summed E-state index contributed by atoms with van der Waals surface area (Å²) in [6.45, 7) is 3.54. The molecule has 1 unspecified atom stereocenters. The highest BCUT2D eigenvalue weighted by Gasteiger charge is 2.25. The molecule has 2 rings (SSSR count). The lowest BCUT2D eigenvalue weighted by Gasteiger charge is -2.26. The highest BCUT2D eigenvalue weighted by atomic mass is 35.5. The summed E-state index contributed by atoms with van der Waals surface area (Å²) in [5.41, 5.74) is 1.44. The van der Waals surface area contributed by atoms with Gasteiger partial charge in [-0.15, -0.1) is 0 Å². The third-order valence-electron chi connectivity index (χ3n) is 3.23. The summed E-state index contributed by atoms with van der Waals surface area (Å²) in [7, 11) is 0. The highest BCUT2D eigenvalue weighted by molar-refractivity contribution is 6.30. The van der Waals surface area contributed by atoms with Crippen molar-refractivity contribution < 1.29 is 9.50 Å². The highest BCUT2D eigenvalue weighted by Crippen LogP contribution is 2.28. The Morgan fingerprint density at radius 1 is 1.16 bits per heavy atom. The Hall–Kier alpha value is -1.38. The van der Waals surface area contributed by atoms with Crippen LogP contribution in [0.1, 0.15) is 23.6 Å². The van der Waals surface area contributed by atoms with Crippen LogP contribution in [0.15, 0.2) is 42.5 Å². The SMILES string of the molecule is Cc1cc(F)ccc1C(C)(O)Cc1ccc(Cl)cc1. The smallest absolute Gasteiger partial charge is 0.123 e. The van der Waals surface area contributed by atoms with Crippen LogP contribution in [-0.4, -0.2) is 5.11 Å². The van der Waals surface area contributed by atoms with Gasteiger partial charge in [0.25, 0.3) is 0 Å². The van der Waals surface area contributed by atoms with E-state index in [0.717, 1.165) is 16.7 Å². The minimum Gasteiger partial charge on any atom is -0.385 e. The molecule has 0 radical (unpaired) electrons. The number of benzene rings is 2. The van der Waals surface area contributed by atoms with Crippen molar-refractivity contribution in [2.75, 3.05) is 0 Å². The van der Waals surface area contributed by atoms with Crippen LogP contribution < -0.4 is 0 Å². The average Bonchev–Trinajstić information content (AvgIpc) is 2.31. The first-order chi connectivity index (χ1) is 8.88. The van der Waals surface area contributed by atoms with E-state index in [9.17, 15) is 9.50 Å². The second kappa shape index (κ2) is 5.32. The summed E-state index contributed by atoms with van der Waals surface area (Å²) in [4.78, 5) is 0. The fraction of sp³-hybridized carbons (Fsp3) is 0.250. The number of aliphatic hydroxyl groups is 1. The third kappa shape index (κ3) is 3.34. The van der Waals surface area contributed by atoms with Crippen LogP contribution in [0.2, 0.25) is 5.02 Å². The fourth-order valence-electron chi connectivity index (χ4n) is 2.33. The molecule has 100 valence electrons. The molecule has 0 fully saturated rings. The summed E-state index contributed by atoms with van der Waals surface area (Å²) in [5, 5.41) is 11.3. The molecule has 0 aliphatic heterocycles. The molecule has 0 aliphatic carbocycles. The van der Waals surface area contributed by atoms with E-state index in [-0.39, 0.29) is 5.82 Å². The largest absolute Gasteiger partial charge is 0.385 e. The molecule has 0 spiro atoms. The molecule has 1 atom stereocenters. The zero-order chi connectivity index (χ0) is 14.0. The molecule has 2 aromatic rings. The molecule has 0 bridgehead atoms. The lowest BCUT2D eigenvalue weighted by atomic mass is 9.86. The van der Waals surface area contributed by atoms with Gasteiger partial charge in [-0.1, -0.05) is 29.8 Å². The fourth-order valence-corrected chi connectivity index (χ4v) is 2.45. The molecule has 1 N–H and O–H groups in total. The van der Waals surface area contributed by atoms with Gasteiger partial charge in [-0.2, -0.15) is 0 Å². The first-order valence-corrected chi connectivity index (χ1v) is 6.50. The Morgan fingerprint density at radius 3 is 2.37 bits per heavy atom. The molecule has 2 aromatic carbocycles. The van der Waals surface area contributed by atoms with Crippen LogP contribution in [0, 0.1) is 12.7 Å². The maximum Gasteiger partial charge on any atom is 0.123 e. The van der Waals surface area contributed by atoms with Crippen LogP contribution in [0.25, 0.3) is 0 Å². The maximum atomic E-state index is 13.1. The van der Waals surface area contributed by atoms with E-state index < -0.39 is 5.60 Å². The number of hydrogen-bond acceptors (Lipinski definition) is 1. The van der Waals surface area contributed by atoms with Crippen molar-refractivity contribution in [3.63, 3.8) is 0 Å². The van der Waals surface area contributed by atoms with Crippen molar-refractivity contribution in [2.24, 2.45) is 0 Å². The molecule has 1 nitrogen and oxygen atoms in total. The van der Waals surface area contributed by atoms with E-state index in [0.29, 0.717) is 11.4 Å². The Morgan fingerprint density at radius 2 is 1.79 bits per heavy atom. The van der Waals surface area contributed by atoms with Gasteiger partial charge < -0.3 is 5.11 Å². The Balaban J connectivity index is 2.29. The van der Waals surface area contributed by atoms with E-state index >= 15 is 0 Å². The summed E-state index contributed by atoms with van der Waals surface area (Å²) >= 11 is 5.84. The van der Waals surface area contributed by atoms with E-state index in [1.807, 2.05) is 12.1 Å². The maximum absolute atomic E-state index is 13.1. The van der Waals surface area contributed by atoms with E-state index in [2.05, 4.69) is 0 Å². The lowest BCUT2D eigenvalue weighted by Crippen LogP contribution is -2.25. The van der Waals surface area contributed by atoms with Gasteiger partial charge in [-0.25, -0.2) is 4.39 Å². The first-order valence-electron chi connectivity index (χ1n) is 6.12. The summed E-state index contributed by atoms with van der Waals surface area (Å²) in [6, 6.07) is 11.8. The second-order valence-electron chi connectivity index (χ2n) is 5.04. The normalized spacial score (nSPS) is 14.2. The molecular weight excluding hydrogens is 263 g/mol. The number of hydrogen-bond donors (Lipinski definition) is 1. The van der Waals surface area contributed by atoms with Crippen LogP contribution in [0.4, 0.5) is 4.39 Å². The molecular formula is C16H16ClFO. The monoisotopic (exact) mass is 278 g/mol. The second-order valence-corrected chi connectivity index (χ2v) is 5.47. The third-order valence-corrected chi connectivity index (χ3v) is 3.48. The molecule has 0 amide bonds. The van der Waals surface area contributed by atoms with Crippen molar-refractivity contribution >= 4 is 11.6 Å². The van der Waals surface area contributed by atoms with Gasteiger partial charge in [0.1, 0.15) is 5.82 Å². The average molecular weight is 279 g/mol. The predicted octanol–water partition coefficient (Wildman–Crippen LogP) is 4.24. The standard InChI is InChI=1S/C16H16ClFO/c1-11-9-14(18)7-8-15(11)16(2,19)10-12-3-5-13(17)6-4-12/h3-9,19H,10H2,1-2H3. The minimum atomic E-state index is -1.04. The van der Waals surface area contributed by atoms with Crippen molar-refractivity contribution in [1.29, 1.82) is 0 Å². The predicted molar refractivity (Wildman–Crippen MR) is 75.9 cm³/mol. The van der Waals surface area contributed by atoms with E-state index in [1.54, 1.807) is 32.0 Å². The van der Waals surface area contributed by atoms with Crippen molar-refractivity contribution in [3.05, 3.63) is 70.0 Å².